The maximum absolute atomic E-state index is 4.38. The van der Waals surface area contributed by atoms with E-state index in [1.165, 1.54) is 5.56 Å². The molecule has 0 aliphatic heterocycles. The first-order valence-corrected chi connectivity index (χ1v) is 5.46. The average Bonchev–Trinajstić information content (AvgIpc) is 2.77. The second kappa shape index (κ2) is 4.39. The van der Waals surface area contributed by atoms with Crippen LogP contribution in [0.25, 0.3) is 0 Å². The molecule has 2 aromatic heterocycles. The standard InChI is InChI=1S/C10H13N3S/c1-8-13-10(7-14-8)6-12-5-9-2-3-11-4-9/h2-4,7,11-12H,5-6H2,1H3. The lowest BCUT2D eigenvalue weighted by molar-refractivity contribution is 0.682. The number of thiazole rings is 1. The number of aryl methyl sites for hydroxylation is 1. The van der Waals surface area contributed by atoms with Crippen molar-refractivity contribution in [2.75, 3.05) is 0 Å². The number of hydrogen-bond donors (Lipinski definition) is 2. The molecule has 14 heavy (non-hydrogen) atoms. The molecule has 3 nitrogen and oxygen atoms in total. The van der Waals surface area contributed by atoms with Crippen molar-refractivity contribution in [1.82, 2.24) is 15.3 Å². The Morgan fingerprint density at radius 3 is 3.07 bits per heavy atom. The van der Waals surface area contributed by atoms with Gasteiger partial charge in [-0.3, -0.25) is 0 Å². The van der Waals surface area contributed by atoms with E-state index in [1.807, 2.05) is 19.3 Å². The van der Waals surface area contributed by atoms with Crippen molar-refractivity contribution in [2.24, 2.45) is 0 Å². The first-order valence-electron chi connectivity index (χ1n) is 4.58. The van der Waals surface area contributed by atoms with E-state index in [-0.39, 0.29) is 0 Å². The molecule has 2 aromatic rings. The van der Waals surface area contributed by atoms with E-state index in [1.54, 1.807) is 11.3 Å². The third-order valence-electron chi connectivity index (χ3n) is 1.96. The van der Waals surface area contributed by atoms with Crippen molar-refractivity contribution in [3.8, 4) is 0 Å². The second-order valence-corrected chi connectivity index (χ2v) is 4.24. The van der Waals surface area contributed by atoms with Crippen LogP contribution in [0, 0.1) is 6.92 Å². The number of nitrogens with one attached hydrogen (secondary N) is 2. The molecule has 0 amide bonds. The average molecular weight is 207 g/mol. The smallest absolute Gasteiger partial charge is 0.0897 e. The lowest BCUT2D eigenvalue weighted by atomic mass is 10.3. The van der Waals surface area contributed by atoms with Crippen molar-refractivity contribution >= 4 is 11.3 Å². The maximum atomic E-state index is 4.38. The molecule has 0 aliphatic carbocycles. The fourth-order valence-corrected chi connectivity index (χ4v) is 1.91. The Bertz CT molecular complexity index is 378. The summed E-state index contributed by atoms with van der Waals surface area (Å²) in [5.74, 6) is 0. The minimum atomic E-state index is 0.843. The molecule has 2 rings (SSSR count). The quantitative estimate of drug-likeness (QED) is 0.805. The fourth-order valence-electron chi connectivity index (χ4n) is 1.29. The molecule has 0 radical (unpaired) electrons. The highest BCUT2D eigenvalue weighted by Gasteiger charge is 1.97. The molecular formula is C10H13N3S. The Morgan fingerprint density at radius 2 is 2.43 bits per heavy atom. The van der Waals surface area contributed by atoms with Crippen molar-refractivity contribution in [1.29, 1.82) is 0 Å². The third kappa shape index (κ3) is 2.43. The van der Waals surface area contributed by atoms with Crippen LogP contribution >= 0.6 is 11.3 Å². The highest BCUT2D eigenvalue weighted by atomic mass is 32.1. The molecule has 0 spiro atoms. The lowest BCUT2D eigenvalue weighted by Crippen LogP contribution is -2.12. The summed E-state index contributed by atoms with van der Waals surface area (Å²) >= 11 is 1.70. The topological polar surface area (TPSA) is 40.7 Å². The van der Waals surface area contributed by atoms with Gasteiger partial charge in [-0.1, -0.05) is 0 Å². The molecule has 0 bridgehead atoms. The number of aromatic amines is 1. The molecule has 0 atom stereocenters. The van der Waals surface area contributed by atoms with Gasteiger partial charge in [0.15, 0.2) is 0 Å². The summed E-state index contributed by atoms with van der Waals surface area (Å²) in [4.78, 5) is 7.41. The zero-order valence-corrected chi connectivity index (χ0v) is 8.90. The summed E-state index contributed by atoms with van der Waals surface area (Å²) in [6.07, 6.45) is 3.93. The zero-order chi connectivity index (χ0) is 9.80. The van der Waals surface area contributed by atoms with Crippen LogP contribution in [-0.4, -0.2) is 9.97 Å². The Hall–Kier alpha value is -1.13. The predicted octanol–water partition coefficient (Wildman–Crippen LogP) is 2.07. The van der Waals surface area contributed by atoms with Gasteiger partial charge in [0.05, 0.1) is 10.7 Å². The number of H-pyrrole nitrogens is 1. The minimum absolute atomic E-state index is 0.843. The van der Waals surface area contributed by atoms with Crippen LogP contribution in [0.15, 0.2) is 23.8 Å². The lowest BCUT2D eigenvalue weighted by Gasteiger charge is -1.99. The highest BCUT2D eigenvalue weighted by Crippen LogP contribution is 2.07. The molecule has 4 heteroatoms. The van der Waals surface area contributed by atoms with Crippen molar-refractivity contribution in [3.05, 3.63) is 40.1 Å². The Balaban J connectivity index is 1.78. The summed E-state index contributed by atoms with van der Waals surface area (Å²) in [5, 5.41) is 6.57. The van der Waals surface area contributed by atoms with E-state index in [0.717, 1.165) is 23.8 Å². The molecular weight excluding hydrogens is 194 g/mol. The van der Waals surface area contributed by atoms with Crippen LogP contribution in [0.2, 0.25) is 0 Å². The van der Waals surface area contributed by atoms with Gasteiger partial charge in [-0.25, -0.2) is 4.98 Å². The molecule has 2 heterocycles. The number of aromatic nitrogens is 2. The third-order valence-corrected chi connectivity index (χ3v) is 2.79. The van der Waals surface area contributed by atoms with Crippen LogP contribution in [0.5, 0.6) is 0 Å². The summed E-state index contributed by atoms with van der Waals surface area (Å²) in [5.41, 5.74) is 2.40. The van der Waals surface area contributed by atoms with Crippen molar-refractivity contribution < 1.29 is 0 Å². The van der Waals surface area contributed by atoms with Crippen LogP contribution in [0.1, 0.15) is 16.3 Å². The SMILES string of the molecule is Cc1nc(CNCc2cc[nH]c2)cs1. The van der Waals surface area contributed by atoms with Crippen LogP contribution in [0.3, 0.4) is 0 Å². The Kier molecular flexibility index (Phi) is 2.96. The van der Waals surface area contributed by atoms with Crippen molar-refractivity contribution in [2.45, 2.75) is 20.0 Å². The Morgan fingerprint density at radius 1 is 1.50 bits per heavy atom. The number of rotatable bonds is 4. The van der Waals surface area contributed by atoms with E-state index in [2.05, 4.69) is 26.7 Å². The van der Waals surface area contributed by atoms with Gasteiger partial charge < -0.3 is 10.3 Å². The Labute approximate surface area is 87.2 Å². The fraction of sp³-hybridized carbons (Fsp3) is 0.300. The molecule has 0 unspecified atom stereocenters. The highest BCUT2D eigenvalue weighted by molar-refractivity contribution is 7.09. The largest absolute Gasteiger partial charge is 0.367 e. The monoisotopic (exact) mass is 207 g/mol. The maximum Gasteiger partial charge on any atom is 0.0897 e. The first kappa shape index (κ1) is 9.43. The van der Waals surface area contributed by atoms with Gasteiger partial charge in [0.2, 0.25) is 0 Å². The second-order valence-electron chi connectivity index (χ2n) is 3.18. The summed E-state index contributed by atoms with van der Waals surface area (Å²) in [7, 11) is 0. The number of hydrogen-bond acceptors (Lipinski definition) is 3. The molecule has 0 saturated carbocycles. The predicted molar refractivity (Wildman–Crippen MR) is 58.2 cm³/mol. The summed E-state index contributed by atoms with van der Waals surface area (Å²) in [6, 6.07) is 2.07. The normalized spacial score (nSPS) is 10.6. The molecule has 0 saturated heterocycles. The molecule has 74 valence electrons. The van der Waals surface area contributed by atoms with E-state index >= 15 is 0 Å². The van der Waals surface area contributed by atoms with Crippen LogP contribution in [-0.2, 0) is 13.1 Å². The summed E-state index contributed by atoms with van der Waals surface area (Å²) in [6.45, 7) is 3.76. The van der Waals surface area contributed by atoms with E-state index in [9.17, 15) is 0 Å². The van der Waals surface area contributed by atoms with E-state index < -0.39 is 0 Å². The van der Waals surface area contributed by atoms with Gasteiger partial charge in [0.1, 0.15) is 0 Å². The molecule has 0 aliphatic rings. The van der Waals surface area contributed by atoms with Gasteiger partial charge in [-0.2, -0.15) is 0 Å². The zero-order valence-electron chi connectivity index (χ0n) is 8.08. The first-order chi connectivity index (χ1) is 6.84. The van der Waals surface area contributed by atoms with Gasteiger partial charge in [-0.05, 0) is 18.6 Å². The molecule has 0 fully saturated rings. The van der Waals surface area contributed by atoms with E-state index in [4.69, 9.17) is 0 Å². The molecule has 2 N–H and O–H groups in total. The van der Waals surface area contributed by atoms with Gasteiger partial charge in [-0.15, -0.1) is 11.3 Å². The minimum Gasteiger partial charge on any atom is -0.367 e. The van der Waals surface area contributed by atoms with E-state index in [0.29, 0.717) is 0 Å². The summed E-state index contributed by atoms with van der Waals surface area (Å²) < 4.78 is 0. The molecule has 0 aromatic carbocycles. The number of nitrogens with zero attached hydrogens (tertiary/aromatic N) is 1. The van der Waals surface area contributed by atoms with Gasteiger partial charge in [0.25, 0.3) is 0 Å². The van der Waals surface area contributed by atoms with Gasteiger partial charge >= 0.3 is 0 Å². The van der Waals surface area contributed by atoms with Crippen molar-refractivity contribution in [3.63, 3.8) is 0 Å². The van der Waals surface area contributed by atoms with Crippen LogP contribution in [0.4, 0.5) is 0 Å². The van der Waals surface area contributed by atoms with Crippen LogP contribution < -0.4 is 5.32 Å². The van der Waals surface area contributed by atoms with Gasteiger partial charge in [0, 0.05) is 30.9 Å².